The summed E-state index contributed by atoms with van der Waals surface area (Å²) < 4.78 is 2.08. The Labute approximate surface area is 104 Å². The SMILES string of the molecule is C=CCn1cc(C)nc1NCCN(C)C(C)C. The van der Waals surface area contributed by atoms with Gasteiger partial charge in [0.15, 0.2) is 0 Å². The molecule has 0 atom stereocenters. The third-order valence-corrected chi connectivity index (χ3v) is 2.85. The topological polar surface area (TPSA) is 33.1 Å². The summed E-state index contributed by atoms with van der Waals surface area (Å²) in [5.41, 5.74) is 1.03. The summed E-state index contributed by atoms with van der Waals surface area (Å²) in [5.74, 6) is 0.930. The Hall–Kier alpha value is -1.29. The van der Waals surface area contributed by atoms with Gasteiger partial charge in [-0.1, -0.05) is 6.08 Å². The standard InChI is InChI=1S/C13H24N4/c1-6-8-17-10-12(4)15-13(17)14-7-9-16(5)11(2)3/h6,10-11H,1,7-9H2,2-5H3,(H,14,15). The number of hydrogen-bond acceptors (Lipinski definition) is 3. The van der Waals surface area contributed by atoms with E-state index in [-0.39, 0.29) is 0 Å². The highest BCUT2D eigenvalue weighted by atomic mass is 15.2. The molecule has 1 N–H and O–H groups in total. The summed E-state index contributed by atoms with van der Waals surface area (Å²) in [7, 11) is 2.13. The number of rotatable bonds is 7. The van der Waals surface area contributed by atoms with Crippen molar-refractivity contribution in [3.05, 3.63) is 24.5 Å². The third-order valence-electron chi connectivity index (χ3n) is 2.85. The van der Waals surface area contributed by atoms with Crippen LogP contribution in [0, 0.1) is 6.92 Å². The van der Waals surface area contributed by atoms with Crippen LogP contribution in [0.5, 0.6) is 0 Å². The summed E-state index contributed by atoms with van der Waals surface area (Å²) in [6, 6.07) is 0.575. The molecule has 4 nitrogen and oxygen atoms in total. The highest BCUT2D eigenvalue weighted by Gasteiger charge is 2.05. The van der Waals surface area contributed by atoms with E-state index in [1.165, 1.54) is 0 Å². The molecule has 0 bridgehead atoms. The Morgan fingerprint density at radius 3 is 2.88 bits per heavy atom. The maximum atomic E-state index is 4.46. The molecular formula is C13H24N4. The van der Waals surface area contributed by atoms with E-state index in [9.17, 15) is 0 Å². The number of nitrogens with one attached hydrogen (secondary N) is 1. The molecule has 17 heavy (non-hydrogen) atoms. The van der Waals surface area contributed by atoms with Crippen LogP contribution >= 0.6 is 0 Å². The molecule has 1 aromatic heterocycles. The van der Waals surface area contributed by atoms with Crippen molar-refractivity contribution in [2.24, 2.45) is 0 Å². The van der Waals surface area contributed by atoms with Crippen LogP contribution in [0.15, 0.2) is 18.9 Å². The van der Waals surface area contributed by atoms with Crippen molar-refractivity contribution in [3.63, 3.8) is 0 Å². The zero-order valence-corrected chi connectivity index (χ0v) is 11.4. The van der Waals surface area contributed by atoms with E-state index >= 15 is 0 Å². The van der Waals surface area contributed by atoms with E-state index in [1.807, 2.05) is 19.2 Å². The second-order valence-corrected chi connectivity index (χ2v) is 4.65. The van der Waals surface area contributed by atoms with Crippen molar-refractivity contribution in [3.8, 4) is 0 Å². The highest BCUT2D eigenvalue weighted by molar-refractivity contribution is 5.29. The monoisotopic (exact) mass is 236 g/mol. The second-order valence-electron chi connectivity index (χ2n) is 4.65. The van der Waals surface area contributed by atoms with Gasteiger partial charge in [-0.15, -0.1) is 6.58 Å². The zero-order chi connectivity index (χ0) is 12.8. The number of aromatic nitrogens is 2. The fourth-order valence-electron chi connectivity index (χ4n) is 1.57. The molecule has 0 spiro atoms. The van der Waals surface area contributed by atoms with Gasteiger partial charge in [0.05, 0.1) is 5.69 Å². The lowest BCUT2D eigenvalue weighted by molar-refractivity contribution is 0.284. The normalized spacial score (nSPS) is 11.2. The lowest BCUT2D eigenvalue weighted by Crippen LogP contribution is -2.31. The quantitative estimate of drug-likeness (QED) is 0.736. The Morgan fingerprint density at radius 2 is 2.29 bits per heavy atom. The van der Waals surface area contributed by atoms with Crippen LogP contribution < -0.4 is 5.32 Å². The predicted molar refractivity (Wildman–Crippen MR) is 73.4 cm³/mol. The number of imidazole rings is 1. The summed E-state index contributed by atoms with van der Waals surface area (Å²) in [6.07, 6.45) is 3.92. The van der Waals surface area contributed by atoms with Crippen LogP contribution in [-0.4, -0.2) is 40.6 Å². The van der Waals surface area contributed by atoms with Gasteiger partial charge in [-0.2, -0.15) is 0 Å². The van der Waals surface area contributed by atoms with Gasteiger partial charge in [-0.3, -0.25) is 0 Å². The molecule has 0 aliphatic rings. The molecule has 0 aliphatic heterocycles. The van der Waals surface area contributed by atoms with Crippen molar-refractivity contribution >= 4 is 5.95 Å². The highest BCUT2D eigenvalue weighted by Crippen LogP contribution is 2.08. The van der Waals surface area contributed by atoms with Gasteiger partial charge in [0, 0.05) is 31.9 Å². The van der Waals surface area contributed by atoms with Crippen molar-refractivity contribution in [2.45, 2.75) is 33.4 Å². The lowest BCUT2D eigenvalue weighted by atomic mass is 10.3. The average Bonchev–Trinajstić information content (AvgIpc) is 2.59. The first-order valence-corrected chi connectivity index (χ1v) is 6.13. The van der Waals surface area contributed by atoms with Crippen molar-refractivity contribution in [1.82, 2.24) is 14.5 Å². The van der Waals surface area contributed by atoms with Gasteiger partial charge in [-0.05, 0) is 27.8 Å². The lowest BCUT2D eigenvalue weighted by Gasteiger charge is -2.21. The first kappa shape index (κ1) is 13.8. The number of likely N-dealkylation sites (N-methyl/N-ethyl adjacent to an activating group) is 1. The number of hydrogen-bond donors (Lipinski definition) is 1. The number of anilines is 1. The maximum Gasteiger partial charge on any atom is 0.203 e. The molecule has 0 unspecified atom stereocenters. The largest absolute Gasteiger partial charge is 0.354 e. The summed E-state index contributed by atoms with van der Waals surface area (Å²) in [5, 5.41) is 3.37. The molecule has 1 heterocycles. The van der Waals surface area contributed by atoms with E-state index in [0.717, 1.165) is 31.3 Å². The van der Waals surface area contributed by atoms with Gasteiger partial charge in [0.25, 0.3) is 0 Å². The van der Waals surface area contributed by atoms with Gasteiger partial charge in [-0.25, -0.2) is 4.98 Å². The van der Waals surface area contributed by atoms with Gasteiger partial charge in [0.2, 0.25) is 5.95 Å². The van der Waals surface area contributed by atoms with Crippen LogP contribution in [0.25, 0.3) is 0 Å². The fourth-order valence-corrected chi connectivity index (χ4v) is 1.57. The zero-order valence-electron chi connectivity index (χ0n) is 11.4. The predicted octanol–water partition coefficient (Wildman–Crippen LogP) is 2.13. The van der Waals surface area contributed by atoms with Crippen LogP contribution in [0.3, 0.4) is 0 Å². The number of allylic oxidation sites excluding steroid dienone is 1. The van der Waals surface area contributed by atoms with Crippen LogP contribution in [0.2, 0.25) is 0 Å². The molecule has 0 aromatic carbocycles. The van der Waals surface area contributed by atoms with Gasteiger partial charge >= 0.3 is 0 Å². The third kappa shape index (κ3) is 4.23. The molecule has 1 aromatic rings. The molecule has 0 saturated heterocycles. The van der Waals surface area contributed by atoms with Crippen molar-refractivity contribution in [1.29, 1.82) is 0 Å². The van der Waals surface area contributed by atoms with Crippen LogP contribution in [-0.2, 0) is 6.54 Å². The fraction of sp³-hybridized carbons (Fsp3) is 0.615. The van der Waals surface area contributed by atoms with E-state index < -0.39 is 0 Å². The minimum atomic E-state index is 0.575. The molecule has 0 radical (unpaired) electrons. The Morgan fingerprint density at radius 1 is 1.59 bits per heavy atom. The maximum absolute atomic E-state index is 4.46. The second kappa shape index (κ2) is 6.45. The van der Waals surface area contributed by atoms with Crippen LogP contribution in [0.1, 0.15) is 19.5 Å². The van der Waals surface area contributed by atoms with Crippen LogP contribution in [0.4, 0.5) is 5.95 Å². The molecule has 96 valence electrons. The van der Waals surface area contributed by atoms with Crippen molar-refractivity contribution in [2.75, 3.05) is 25.5 Å². The summed E-state index contributed by atoms with van der Waals surface area (Å²) in [4.78, 5) is 6.76. The summed E-state index contributed by atoms with van der Waals surface area (Å²) in [6.45, 7) is 12.9. The molecule has 0 amide bonds. The van der Waals surface area contributed by atoms with E-state index in [4.69, 9.17) is 0 Å². The average molecular weight is 236 g/mol. The van der Waals surface area contributed by atoms with E-state index in [2.05, 4.69) is 47.2 Å². The molecular weight excluding hydrogens is 212 g/mol. The molecule has 0 fully saturated rings. The van der Waals surface area contributed by atoms with Crippen molar-refractivity contribution < 1.29 is 0 Å². The minimum Gasteiger partial charge on any atom is -0.354 e. The Balaban J connectivity index is 2.48. The molecule has 0 saturated carbocycles. The Bertz CT molecular complexity index is 354. The van der Waals surface area contributed by atoms with E-state index in [0.29, 0.717) is 6.04 Å². The first-order valence-electron chi connectivity index (χ1n) is 6.13. The molecule has 0 aliphatic carbocycles. The molecule has 1 rings (SSSR count). The minimum absolute atomic E-state index is 0.575. The number of nitrogens with zero attached hydrogens (tertiary/aromatic N) is 3. The Kier molecular flexibility index (Phi) is 5.22. The smallest absolute Gasteiger partial charge is 0.203 e. The van der Waals surface area contributed by atoms with Gasteiger partial charge in [0.1, 0.15) is 0 Å². The summed E-state index contributed by atoms with van der Waals surface area (Å²) >= 11 is 0. The van der Waals surface area contributed by atoms with Gasteiger partial charge < -0.3 is 14.8 Å². The first-order chi connectivity index (χ1) is 8.04. The number of aryl methyl sites for hydroxylation is 1. The van der Waals surface area contributed by atoms with E-state index in [1.54, 1.807) is 0 Å². The molecule has 4 heteroatoms.